The molecule has 4 aromatic carbocycles. The SMILES string of the molecule is COc1ccc2cc(C#Cc3nc(Cl)nc(C#Cc4ccc5cc(OC)ccc5c4)c3Cl)ccc2c1. The molecule has 0 fully saturated rings. The van der Waals surface area contributed by atoms with Crippen LogP contribution >= 0.6 is 23.2 Å². The van der Waals surface area contributed by atoms with Crippen LogP contribution in [0.25, 0.3) is 21.5 Å². The van der Waals surface area contributed by atoms with Gasteiger partial charge in [0.1, 0.15) is 27.9 Å². The average Bonchev–Trinajstić information content (AvgIpc) is 2.91. The van der Waals surface area contributed by atoms with Gasteiger partial charge in [-0.05, 0) is 93.5 Å². The third-order valence-corrected chi connectivity index (χ3v) is 6.10. The molecule has 0 amide bonds. The normalized spacial score (nSPS) is 10.3. The number of fused-ring (bicyclic) bond motifs is 2. The fraction of sp³-hybridized carbons (Fsp3) is 0.0667. The fourth-order valence-corrected chi connectivity index (χ4v) is 4.05. The monoisotopic (exact) mass is 508 g/mol. The molecule has 4 nitrogen and oxygen atoms in total. The maximum atomic E-state index is 6.55. The van der Waals surface area contributed by atoms with Crippen LogP contribution in [-0.2, 0) is 0 Å². The van der Waals surface area contributed by atoms with Crippen LogP contribution in [0.1, 0.15) is 22.5 Å². The highest BCUT2D eigenvalue weighted by Gasteiger charge is 2.09. The van der Waals surface area contributed by atoms with Gasteiger partial charge in [-0.2, -0.15) is 0 Å². The van der Waals surface area contributed by atoms with E-state index in [0.29, 0.717) is 11.4 Å². The van der Waals surface area contributed by atoms with E-state index < -0.39 is 0 Å². The van der Waals surface area contributed by atoms with Gasteiger partial charge in [0, 0.05) is 11.1 Å². The molecule has 174 valence electrons. The molecule has 0 bridgehead atoms. The first-order valence-corrected chi connectivity index (χ1v) is 11.7. The number of aromatic nitrogens is 2. The van der Waals surface area contributed by atoms with Crippen molar-refractivity contribution in [1.29, 1.82) is 0 Å². The van der Waals surface area contributed by atoms with Gasteiger partial charge >= 0.3 is 0 Å². The van der Waals surface area contributed by atoms with Crippen molar-refractivity contribution < 1.29 is 9.47 Å². The quantitative estimate of drug-likeness (QED) is 0.192. The largest absolute Gasteiger partial charge is 0.497 e. The van der Waals surface area contributed by atoms with Crippen LogP contribution in [0.15, 0.2) is 72.8 Å². The maximum absolute atomic E-state index is 6.55. The van der Waals surface area contributed by atoms with Crippen molar-refractivity contribution >= 4 is 44.7 Å². The van der Waals surface area contributed by atoms with E-state index in [0.717, 1.165) is 44.2 Å². The van der Waals surface area contributed by atoms with Gasteiger partial charge in [-0.1, -0.05) is 47.7 Å². The number of hydrogen-bond donors (Lipinski definition) is 0. The first-order chi connectivity index (χ1) is 17.5. The zero-order valence-corrected chi connectivity index (χ0v) is 20.9. The number of benzene rings is 4. The summed E-state index contributed by atoms with van der Waals surface area (Å²) in [6.07, 6.45) is 0. The number of ether oxygens (including phenoxy) is 2. The lowest BCUT2D eigenvalue weighted by molar-refractivity contribution is 0.415. The molecule has 1 aromatic heterocycles. The molecule has 5 aromatic rings. The third-order valence-electron chi connectivity index (χ3n) is 5.57. The first kappa shape index (κ1) is 23.5. The van der Waals surface area contributed by atoms with Crippen LogP contribution in [0.5, 0.6) is 11.5 Å². The summed E-state index contributed by atoms with van der Waals surface area (Å²) in [5.41, 5.74) is 2.28. The molecule has 0 aliphatic heterocycles. The molecular weight excluding hydrogens is 491 g/mol. The maximum Gasteiger partial charge on any atom is 0.224 e. The summed E-state index contributed by atoms with van der Waals surface area (Å²) in [4.78, 5) is 8.40. The summed E-state index contributed by atoms with van der Waals surface area (Å²) in [7, 11) is 3.30. The van der Waals surface area contributed by atoms with Crippen LogP contribution in [-0.4, -0.2) is 24.2 Å². The molecular formula is C30H18Cl2N2O2. The van der Waals surface area contributed by atoms with Crippen molar-refractivity contribution in [3.63, 3.8) is 0 Å². The fourth-order valence-electron chi connectivity index (χ4n) is 3.71. The van der Waals surface area contributed by atoms with E-state index in [-0.39, 0.29) is 10.3 Å². The summed E-state index contributed by atoms with van der Waals surface area (Å²) >= 11 is 12.7. The van der Waals surface area contributed by atoms with Crippen molar-refractivity contribution in [2.45, 2.75) is 0 Å². The number of halogens is 2. The van der Waals surface area contributed by atoms with Crippen LogP contribution in [0.3, 0.4) is 0 Å². The molecule has 0 aliphatic carbocycles. The van der Waals surface area contributed by atoms with E-state index in [1.165, 1.54) is 0 Å². The molecule has 0 atom stereocenters. The number of nitrogens with zero attached hydrogens (tertiary/aromatic N) is 2. The Labute approximate surface area is 218 Å². The van der Waals surface area contributed by atoms with Crippen molar-refractivity contribution in [2.24, 2.45) is 0 Å². The minimum Gasteiger partial charge on any atom is -0.497 e. The average molecular weight is 509 g/mol. The van der Waals surface area contributed by atoms with E-state index in [2.05, 4.69) is 33.6 Å². The third kappa shape index (κ3) is 5.07. The lowest BCUT2D eigenvalue weighted by atomic mass is 10.1. The molecule has 0 N–H and O–H groups in total. The molecule has 0 saturated heterocycles. The van der Waals surface area contributed by atoms with Crippen LogP contribution in [0.4, 0.5) is 0 Å². The summed E-state index contributed by atoms with van der Waals surface area (Å²) < 4.78 is 10.6. The van der Waals surface area contributed by atoms with Crippen LogP contribution in [0.2, 0.25) is 10.3 Å². The summed E-state index contributed by atoms with van der Waals surface area (Å²) in [5.74, 6) is 13.8. The molecule has 0 radical (unpaired) electrons. The van der Waals surface area contributed by atoms with Gasteiger partial charge in [0.05, 0.1) is 14.2 Å². The topological polar surface area (TPSA) is 44.2 Å². The van der Waals surface area contributed by atoms with Crippen LogP contribution < -0.4 is 9.47 Å². The molecule has 36 heavy (non-hydrogen) atoms. The highest BCUT2D eigenvalue weighted by atomic mass is 35.5. The highest BCUT2D eigenvalue weighted by molar-refractivity contribution is 6.33. The molecule has 0 aliphatic rings. The second-order valence-electron chi connectivity index (χ2n) is 7.86. The van der Waals surface area contributed by atoms with E-state index in [9.17, 15) is 0 Å². The van der Waals surface area contributed by atoms with Gasteiger partial charge < -0.3 is 9.47 Å². The van der Waals surface area contributed by atoms with Crippen LogP contribution in [0, 0.1) is 23.7 Å². The number of rotatable bonds is 2. The van der Waals surface area contributed by atoms with Crippen molar-refractivity contribution in [3.8, 4) is 35.2 Å². The molecule has 0 saturated carbocycles. The Hall–Kier alpha value is -4.22. The van der Waals surface area contributed by atoms with Gasteiger partial charge in [-0.3, -0.25) is 0 Å². The van der Waals surface area contributed by atoms with Gasteiger partial charge in [0.15, 0.2) is 0 Å². The highest BCUT2D eigenvalue weighted by Crippen LogP contribution is 2.24. The number of hydrogen-bond acceptors (Lipinski definition) is 4. The smallest absolute Gasteiger partial charge is 0.224 e. The Balaban J connectivity index is 1.45. The molecule has 5 rings (SSSR count). The summed E-state index contributed by atoms with van der Waals surface area (Å²) in [5, 5.41) is 4.52. The Morgan fingerprint density at radius 1 is 0.556 bits per heavy atom. The minimum atomic E-state index is 0.0317. The second-order valence-corrected chi connectivity index (χ2v) is 8.58. The lowest BCUT2D eigenvalue weighted by Gasteiger charge is -2.03. The Morgan fingerprint density at radius 3 is 1.42 bits per heavy atom. The Bertz CT molecular complexity index is 1630. The number of methoxy groups -OCH3 is 2. The van der Waals surface area contributed by atoms with E-state index >= 15 is 0 Å². The van der Waals surface area contributed by atoms with Gasteiger partial charge in [-0.25, -0.2) is 9.97 Å². The molecule has 0 spiro atoms. The molecule has 1 heterocycles. The van der Waals surface area contributed by atoms with E-state index in [1.807, 2.05) is 72.8 Å². The van der Waals surface area contributed by atoms with Gasteiger partial charge in [0.25, 0.3) is 0 Å². The predicted octanol–water partition coefficient (Wildman–Crippen LogP) is 6.91. The lowest BCUT2D eigenvalue weighted by Crippen LogP contribution is -1.95. The van der Waals surface area contributed by atoms with Crippen molar-refractivity contribution in [3.05, 3.63) is 106 Å². The molecule has 6 heteroatoms. The first-order valence-electron chi connectivity index (χ1n) is 10.9. The summed E-state index contributed by atoms with van der Waals surface area (Å²) in [6, 6.07) is 23.6. The van der Waals surface area contributed by atoms with Crippen molar-refractivity contribution in [2.75, 3.05) is 14.2 Å². The van der Waals surface area contributed by atoms with Gasteiger partial charge in [-0.15, -0.1) is 0 Å². The second kappa shape index (κ2) is 10.2. The predicted molar refractivity (Wildman–Crippen MR) is 145 cm³/mol. The zero-order chi connectivity index (χ0) is 25.1. The van der Waals surface area contributed by atoms with E-state index in [1.54, 1.807) is 14.2 Å². The van der Waals surface area contributed by atoms with Gasteiger partial charge in [0.2, 0.25) is 5.28 Å². The molecule has 0 unspecified atom stereocenters. The standard InChI is InChI=1S/C30H18Cl2N2O2/c1-35-25-11-9-21-15-19(3-7-23(21)17-25)5-13-27-29(31)28(34-30(32)33-27)14-6-20-4-8-24-18-26(36-2)12-10-22(24)16-20/h3-4,7-12,15-18H,1-2H3. The van der Waals surface area contributed by atoms with Crippen molar-refractivity contribution in [1.82, 2.24) is 9.97 Å². The minimum absolute atomic E-state index is 0.0317. The van der Waals surface area contributed by atoms with E-state index in [4.69, 9.17) is 32.7 Å². The Kier molecular flexibility index (Phi) is 6.65. The Morgan fingerprint density at radius 2 is 0.972 bits per heavy atom. The zero-order valence-electron chi connectivity index (χ0n) is 19.4. The summed E-state index contributed by atoms with van der Waals surface area (Å²) in [6.45, 7) is 0.